The van der Waals surface area contributed by atoms with Crippen LogP contribution in [0.3, 0.4) is 0 Å². The Balaban J connectivity index is 1.71. The summed E-state index contributed by atoms with van der Waals surface area (Å²) in [6.45, 7) is 2.30. The molecule has 1 aromatic rings. The Morgan fingerprint density at radius 3 is 3.00 bits per heavy atom. The molecule has 1 aliphatic heterocycles. The number of hydrogen-bond donors (Lipinski definition) is 2. The molecule has 1 fully saturated rings. The Labute approximate surface area is 103 Å². The van der Waals surface area contributed by atoms with Crippen LogP contribution in [0.2, 0.25) is 0 Å². The van der Waals surface area contributed by atoms with E-state index in [4.69, 9.17) is 0 Å². The molecule has 2 aliphatic rings. The van der Waals surface area contributed by atoms with E-state index in [9.17, 15) is 0 Å². The van der Waals surface area contributed by atoms with E-state index in [0.717, 1.165) is 13.1 Å². The topological polar surface area (TPSA) is 37.0 Å². The van der Waals surface area contributed by atoms with Crippen LogP contribution in [0.15, 0.2) is 18.3 Å². The number of hydrogen-bond acceptors (Lipinski definition) is 3. The Bertz CT molecular complexity index is 371. The lowest BCUT2D eigenvalue weighted by Gasteiger charge is -2.31. The second-order valence-electron chi connectivity index (χ2n) is 5.18. The number of aryl methyl sites for hydroxylation is 1. The summed E-state index contributed by atoms with van der Waals surface area (Å²) in [5, 5.41) is 7.23. The first kappa shape index (κ1) is 11.2. The number of nitrogens with one attached hydrogen (secondary N) is 2. The molecule has 0 bridgehead atoms. The smallest absolute Gasteiger partial charge is 0.0605 e. The van der Waals surface area contributed by atoms with Gasteiger partial charge in [0.05, 0.1) is 5.69 Å². The number of pyridine rings is 1. The quantitative estimate of drug-likeness (QED) is 0.815. The van der Waals surface area contributed by atoms with Crippen LogP contribution in [0.4, 0.5) is 0 Å². The van der Waals surface area contributed by atoms with Crippen LogP contribution in [-0.2, 0) is 6.42 Å². The number of piperidine rings is 1. The third-order valence-electron chi connectivity index (χ3n) is 3.97. The molecule has 0 saturated carbocycles. The number of aromatic nitrogens is 1. The fraction of sp³-hybridized carbons (Fsp3) is 0.643. The molecule has 3 heteroatoms. The van der Waals surface area contributed by atoms with Gasteiger partial charge in [0, 0.05) is 18.3 Å². The minimum Gasteiger partial charge on any atom is -0.317 e. The zero-order valence-corrected chi connectivity index (χ0v) is 10.3. The monoisotopic (exact) mass is 231 g/mol. The molecule has 1 aliphatic carbocycles. The first-order valence-corrected chi connectivity index (χ1v) is 6.84. The molecule has 1 saturated heterocycles. The van der Waals surface area contributed by atoms with Crippen molar-refractivity contribution in [1.82, 2.24) is 15.6 Å². The molecule has 17 heavy (non-hydrogen) atoms. The molecular formula is C14H21N3. The van der Waals surface area contributed by atoms with Crippen molar-refractivity contribution in [3.8, 4) is 0 Å². The van der Waals surface area contributed by atoms with Crippen LogP contribution in [0, 0.1) is 0 Å². The minimum absolute atomic E-state index is 0.489. The maximum absolute atomic E-state index is 4.59. The van der Waals surface area contributed by atoms with E-state index in [1.54, 1.807) is 0 Å². The molecule has 0 radical (unpaired) electrons. The van der Waals surface area contributed by atoms with Crippen molar-refractivity contribution < 1.29 is 0 Å². The molecular weight excluding hydrogens is 210 g/mol. The van der Waals surface area contributed by atoms with Crippen LogP contribution in [-0.4, -0.2) is 24.1 Å². The molecule has 1 atom stereocenters. The first-order chi connectivity index (χ1) is 8.43. The predicted octanol–water partition coefficient (Wildman–Crippen LogP) is 1.80. The van der Waals surface area contributed by atoms with E-state index in [2.05, 4.69) is 27.8 Å². The maximum Gasteiger partial charge on any atom is 0.0605 e. The van der Waals surface area contributed by atoms with Gasteiger partial charge >= 0.3 is 0 Å². The number of nitrogens with zero attached hydrogens (tertiary/aromatic N) is 1. The summed E-state index contributed by atoms with van der Waals surface area (Å²) in [5.41, 5.74) is 2.75. The van der Waals surface area contributed by atoms with Crippen molar-refractivity contribution in [3.63, 3.8) is 0 Å². The molecule has 1 aromatic heterocycles. The van der Waals surface area contributed by atoms with Gasteiger partial charge in [-0.3, -0.25) is 4.98 Å². The Kier molecular flexibility index (Phi) is 3.39. The summed E-state index contributed by atoms with van der Waals surface area (Å²) in [6.07, 6.45) is 8.17. The van der Waals surface area contributed by atoms with E-state index >= 15 is 0 Å². The van der Waals surface area contributed by atoms with Gasteiger partial charge in [-0.1, -0.05) is 6.07 Å². The van der Waals surface area contributed by atoms with Crippen molar-refractivity contribution in [2.75, 3.05) is 13.1 Å². The van der Waals surface area contributed by atoms with Gasteiger partial charge in [0.1, 0.15) is 0 Å². The van der Waals surface area contributed by atoms with Crippen molar-refractivity contribution in [2.45, 2.75) is 44.2 Å². The molecule has 0 aromatic carbocycles. The second-order valence-corrected chi connectivity index (χ2v) is 5.18. The van der Waals surface area contributed by atoms with Gasteiger partial charge in [0.15, 0.2) is 0 Å². The highest BCUT2D eigenvalue weighted by atomic mass is 15.0. The van der Waals surface area contributed by atoms with Crippen LogP contribution in [0.25, 0.3) is 0 Å². The van der Waals surface area contributed by atoms with E-state index in [1.807, 2.05) is 6.20 Å². The molecule has 2 heterocycles. The summed E-state index contributed by atoms with van der Waals surface area (Å²) in [5.74, 6) is 0. The predicted molar refractivity (Wildman–Crippen MR) is 68.9 cm³/mol. The van der Waals surface area contributed by atoms with Gasteiger partial charge in [-0.2, -0.15) is 0 Å². The fourth-order valence-corrected chi connectivity index (χ4v) is 3.04. The Morgan fingerprint density at radius 2 is 2.12 bits per heavy atom. The van der Waals surface area contributed by atoms with Gasteiger partial charge in [0.25, 0.3) is 0 Å². The fourth-order valence-electron chi connectivity index (χ4n) is 3.04. The zero-order valence-electron chi connectivity index (χ0n) is 10.3. The van der Waals surface area contributed by atoms with Gasteiger partial charge in [-0.15, -0.1) is 0 Å². The summed E-state index contributed by atoms with van der Waals surface area (Å²) in [7, 11) is 0. The highest BCUT2D eigenvalue weighted by molar-refractivity contribution is 5.25. The largest absolute Gasteiger partial charge is 0.317 e. The lowest BCUT2D eigenvalue weighted by molar-refractivity contribution is 0.327. The molecule has 92 valence electrons. The van der Waals surface area contributed by atoms with Crippen LogP contribution in [0.1, 0.15) is 43.0 Å². The lowest BCUT2D eigenvalue weighted by Crippen LogP contribution is -2.42. The first-order valence-electron chi connectivity index (χ1n) is 6.84. The third-order valence-corrected chi connectivity index (χ3v) is 3.97. The Hall–Kier alpha value is -0.930. The second kappa shape index (κ2) is 5.15. The van der Waals surface area contributed by atoms with Crippen molar-refractivity contribution in [3.05, 3.63) is 29.6 Å². The van der Waals surface area contributed by atoms with Gasteiger partial charge in [0.2, 0.25) is 0 Å². The summed E-state index contributed by atoms with van der Waals surface area (Å²) in [4.78, 5) is 4.59. The molecule has 0 spiro atoms. The highest BCUT2D eigenvalue weighted by Crippen LogP contribution is 2.28. The normalized spacial score (nSPS) is 25.5. The number of fused-ring (bicyclic) bond motifs is 1. The van der Waals surface area contributed by atoms with Crippen molar-refractivity contribution in [2.24, 2.45) is 0 Å². The summed E-state index contributed by atoms with van der Waals surface area (Å²) < 4.78 is 0. The van der Waals surface area contributed by atoms with E-state index in [1.165, 1.54) is 43.4 Å². The third kappa shape index (κ3) is 2.50. The molecule has 0 amide bonds. The Morgan fingerprint density at radius 1 is 1.24 bits per heavy atom. The molecule has 3 nitrogen and oxygen atoms in total. The number of rotatable bonds is 2. The van der Waals surface area contributed by atoms with E-state index in [0.29, 0.717) is 12.1 Å². The molecule has 3 rings (SSSR count). The highest BCUT2D eigenvalue weighted by Gasteiger charge is 2.24. The van der Waals surface area contributed by atoms with Crippen LogP contribution in [0.5, 0.6) is 0 Å². The summed E-state index contributed by atoms with van der Waals surface area (Å²) in [6, 6.07) is 5.46. The van der Waals surface area contributed by atoms with Gasteiger partial charge in [-0.25, -0.2) is 0 Å². The molecule has 2 N–H and O–H groups in total. The zero-order chi connectivity index (χ0) is 11.5. The lowest BCUT2D eigenvalue weighted by atomic mass is 9.90. The standard InChI is InChI=1S/C14H21N3/c1-3-11-4-2-8-16-14(11)13(5-1)17-12-6-9-15-10-7-12/h2,4,8,12-13,15,17H,1,3,5-7,9-10H2. The van der Waals surface area contributed by atoms with E-state index < -0.39 is 0 Å². The maximum atomic E-state index is 4.59. The van der Waals surface area contributed by atoms with Crippen molar-refractivity contribution >= 4 is 0 Å². The molecule has 1 unspecified atom stereocenters. The SMILES string of the molecule is c1cnc2c(c1)CCCC2NC1CCNCC1. The van der Waals surface area contributed by atoms with Crippen molar-refractivity contribution in [1.29, 1.82) is 0 Å². The van der Waals surface area contributed by atoms with Crippen LogP contribution >= 0.6 is 0 Å². The summed E-state index contributed by atoms with van der Waals surface area (Å²) >= 11 is 0. The average Bonchev–Trinajstić information content (AvgIpc) is 2.40. The van der Waals surface area contributed by atoms with Crippen LogP contribution < -0.4 is 10.6 Å². The van der Waals surface area contributed by atoms with E-state index in [-0.39, 0.29) is 0 Å². The van der Waals surface area contributed by atoms with Gasteiger partial charge < -0.3 is 10.6 Å². The average molecular weight is 231 g/mol. The minimum atomic E-state index is 0.489. The van der Waals surface area contributed by atoms with Gasteiger partial charge in [-0.05, 0) is 56.8 Å².